The topological polar surface area (TPSA) is 59.3 Å². The van der Waals surface area contributed by atoms with Crippen molar-refractivity contribution in [2.24, 2.45) is 0 Å². The van der Waals surface area contributed by atoms with Gasteiger partial charge in [-0.3, -0.25) is 4.90 Å². The molecule has 1 aromatic heterocycles. The molecule has 0 saturated carbocycles. The lowest BCUT2D eigenvalue weighted by Gasteiger charge is -2.38. The van der Waals surface area contributed by atoms with E-state index in [4.69, 9.17) is 16.3 Å². The first kappa shape index (κ1) is 18.8. The quantitative estimate of drug-likeness (QED) is 0.753. The molecule has 0 unspecified atom stereocenters. The summed E-state index contributed by atoms with van der Waals surface area (Å²) in [4.78, 5) is 4.92. The molecule has 0 aliphatic carbocycles. The first-order valence-electron chi connectivity index (χ1n) is 9.84. The van der Waals surface area contributed by atoms with Gasteiger partial charge < -0.3 is 9.64 Å². The molecule has 27 heavy (non-hydrogen) atoms. The number of tetrazole rings is 1. The maximum atomic E-state index is 6.59. The highest BCUT2D eigenvalue weighted by Crippen LogP contribution is 2.33. The lowest BCUT2D eigenvalue weighted by atomic mass is 10.0. The van der Waals surface area contributed by atoms with Gasteiger partial charge in [0.25, 0.3) is 0 Å². The maximum Gasteiger partial charge on any atom is 0.173 e. The Morgan fingerprint density at radius 3 is 2.74 bits per heavy atom. The number of aromatic nitrogens is 4. The molecule has 8 heteroatoms. The van der Waals surface area contributed by atoms with Gasteiger partial charge in [-0.25, -0.2) is 4.68 Å². The summed E-state index contributed by atoms with van der Waals surface area (Å²) in [6.07, 6.45) is 2.36. The summed E-state index contributed by atoms with van der Waals surface area (Å²) >= 11 is 6.59. The van der Waals surface area contributed by atoms with Crippen LogP contribution in [0, 0.1) is 0 Å². The minimum atomic E-state index is -0.0471. The number of halogens is 1. The normalized spacial score (nSPS) is 23.0. The second-order valence-electron chi connectivity index (χ2n) is 7.25. The van der Waals surface area contributed by atoms with Gasteiger partial charge in [0.05, 0.1) is 18.7 Å². The molecule has 0 bridgehead atoms. The molecule has 146 valence electrons. The zero-order valence-corrected chi connectivity index (χ0v) is 16.6. The molecule has 2 aliphatic heterocycles. The van der Waals surface area contributed by atoms with E-state index in [1.807, 2.05) is 22.9 Å². The van der Waals surface area contributed by atoms with Crippen LogP contribution in [0.4, 0.5) is 0 Å². The number of nitrogens with zero attached hydrogens (tertiary/aromatic N) is 6. The Balaban J connectivity index is 1.64. The Hall–Kier alpha value is -1.54. The molecular weight excluding hydrogens is 364 g/mol. The molecule has 0 amide bonds. The molecule has 2 atom stereocenters. The smallest absolute Gasteiger partial charge is 0.173 e. The van der Waals surface area contributed by atoms with Crippen LogP contribution in [0.5, 0.6) is 0 Å². The van der Waals surface area contributed by atoms with Crippen LogP contribution in [-0.4, -0.2) is 75.4 Å². The van der Waals surface area contributed by atoms with Crippen LogP contribution in [0.25, 0.3) is 0 Å². The molecule has 2 saturated heterocycles. The lowest BCUT2D eigenvalue weighted by molar-refractivity contribution is 0.0861. The molecule has 2 aromatic rings. The summed E-state index contributed by atoms with van der Waals surface area (Å²) in [6, 6.07) is 7.98. The summed E-state index contributed by atoms with van der Waals surface area (Å²) in [5.41, 5.74) is 1.06. The molecule has 0 radical (unpaired) electrons. The van der Waals surface area contributed by atoms with Gasteiger partial charge in [-0.15, -0.1) is 5.10 Å². The molecule has 0 N–H and O–H groups in total. The van der Waals surface area contributed by atoms with E-state index in [1.54, 1.807) is 0 Å². The van der Waals surface area contributed by atoms with E-state index in [0.717, 1.165) is 68.6 Å². The second-order valence-corrected chi connectivity index (χ2v) is 7.66. The second kappa shape index (κ2) is 8.65. The van der Waals surface area contributed by atoms with Gasteiger partial charge >= 0.3 is 0 Å². The van der Waals surface area contributed by atoms with Crippen LogP contribution in [0.3, 0.4) is 0 Å². The van der Waals surface area contributed by atoms with E-state index in [-0.39, 0.29) is 12.1 Å². The average Bonchev–Trinajstić information content (AvgIpc) is 3.37. The monoisotopic (exact) mass is 390 g/mol. The molecule has 3 heterocycles. The third-order valence-corrected chi connectivity index (χ3v) is 5.97. The minimum absolute atomic E-state index is 0.0471. The number of piperazine rings is 1. The zero-order valence-electron chi connectivity index (χ0n) is 15.8. The van der Waals surface area contributed by atoms with E-state index in [1.165, 1.54) is 0 Å². The van der Waals surface area contributed by atoms with Gasteiger partial charge in [-0.1, -0.05) is 36.7 Å². The van der Waals surface area contributed by atoms with Crippen molar-refractivity contribution < 1.29 is 4.74 Å². The standard InChI is InChI=1S/C19H27ClN6O/c1-2-24-9-11-25(12-10-24)18(16-7-3-4-8-17(16)20)19-21-22-23-26(19)14-15-6-5-13-27-15/h3-4,7-8,15,18H,2,5-6,9-14H2,1H3/t15-,18-/m1/s1. The molecule has 1 aromatic carbocycles. The van der Waals surface area contributed by atoms with Crippen LogP contribution in [0.1, 0.15) is 37.2 Å². The Morgan fingerprint density at radius 1 is 1.22 bits per heavy atom. The minimum Gasteiger partial charge on any atom is -0.376 e. The molecule has 4 rings (SSSR count). The fraction of sp³-hybridized carbons (Fsp3) is 0.632. The molecule has 0 spiro atoms. The Bertz CT molecular complexity index is 739. The Kier molecular flexibility index (Phi) is 6.02. The van der Waals surface area contributed by atoms with Crippen molar-refractivity contribution in [2.45, 2.75) is 38.5 Å². The third kappa shape index (κ3) is 4.16. The lowest BCUT2D eigenvalue weighted by Crippen LogP contribution is -2.48. The summed E-state index contributed by atoms with van der Waals surface area (Å²) in [5.74, 6) is 0.851. The van der Waals surface area contributed by atoms with E-state index < -0.39 is 0 Å². The van der Waals surface area contributed by atoms with Crippen molar-refractivity contribution in [3.05, 3.63) is 40.7 Å². The highest BCUT2D eigenvalue weighted by Gasteiger charge is 2.32. The first-order chi connectivity index (χ1) is 13.3. The van der Waals surface area contributed by atoms with Crippen molar-refractivity contribution in [3.63, 3.8) is 0 Å². The number of hydrogen-bond acceptors (Lipinski definition) is 6. The highest BCUT2D eigenvalue weighted by atomic mass is 35.5. The van der Waals surface area contributed by atoms with Crippen molar-refractivity contribution in [3.8, 4) is 0 Å². The van der Waals surface area contributed by atoms with Gasteiger partial charge in [-0.05, 0) is 41.4 Å². The van der Waals surface area contributed by atoms with Gasteiger partial charge in [0.1, 0.15) is 0 Å². The number of benzene rings is 1. The number of hydrogen-bond donors (Lipinski definition) is 0. The van der Waals surface area contributed by atoms with Gasteiger partial charge in [0, 0.05) is 37.8 Å². The number of rotatable bonds is 6. The van der Waals surface area contributed by atoms with Crippen LogP contribution < -0.4 is 0 Å². The average molecular weight is 391 g/mol. The van der Waals surface area contributed by atoms with Gasteiger partial charge in [0.2, 0.25) is 0 Å². The van der Waals surface area contributed by atoms with Crippen LogP contribution in [0.15, 0.2) is 24.3 Å². The first-order valence-corrected chi connectivity index (χ1v) is 10.2. The third-order valence-electron chi connectivity index (χ3n) is 5.62. The van der Waals surface area contributed by atoms with Crippen molar-refractivity contribution >= 4 is 11.6 Å². The van der Waals surface area contributed by atoms with Crippen molar-refractivity contribution in [1.82, 2.24) is 30.0 Å². The van der Waals surface area contributed by atoms with Gasteiger partial charge in [0.15, 0.2) is 5.82 Å². The van der Waals surface area contributed by atoms with Crippen molar-refractivity contribution in [2.75, 3.05) is 39.3 Å². The predicted octanol–water partition coefficient (Wildman–Crippen LogP) is 2.23. The fourth-order valence-electron chi connectivity index (χ4n) is 4.05. The van der Waals surface area contributed by atoms with E-state index in [2.05, 4.69) is 38.3 Å². The molecule has 7 nitrogen and oxygen atoms in total. The predicted molar refractivity (Wildman–Crippen MR) is 104 cm³/mol. The van der Waals surface area contributed by atoms with Gasteiger partial charge in [-0.2, -0.15) is 0 Å². The fourth-order valence-corrected chi connectivity index (χ4v) is 4.29. The summed E-state index contributed by atoms with van der Waals surface area (Å²) in [5, 5.41) is 13.4. The van der Waals surface area contributed by atoms with Crippen LogP contribution >= 0.6 is 11.6 Å². The Morgan fingerprint density at radius 2 is 2.04 bits per heavy atom. The van der Waals surface area contributed by atoms with Crippen LogP contribution in [-0.2, 0) is 11.3 Å². The van der Waals surface area contributed by atoms with E-state index in [0.29, 0.717) is 6.54 Å². The largest absolute Gasteiger partial charge is 0.376 e. The SMILES string of the molecule is CCN1CCN([C@H](c2ccccc2Cl)c2nnnn2C[C@H]2CCCO2)CC1. The van der Waals surface area contributed by atoms with Crippen LogP contribution in [0.2, 0.25) is 5.02 Å². The number of ether oxygens (including phenoxy) is 1. The number of likely N-dealkylation sites (N-methyl/N-ethyl adjacent to an activating group) is 1. The van der Waals surface area contributed by atoms with Crippen molar-refractivity contribution in [1.29, 1.82) is 0 Å². The highest BCUT2D eigenvalue weighted by molar-refractivity contribution is 6.31. The summed E-state index contributed by atoms with van der Waals surface area (Å²) in [6.45, 7) is 8.85. The molecular formula is C19H27ClN6O. The molecule has 2 aliphatic rings. The Labute approximate surface area is 165 Å². The van der Waals surface area contributed by atoms with E-state index >= 15 is 0 Å². The maximum absolute atomic E-state index is 6.59. The summed E-state index contributed by atoms with van der Waals surface area (Å²) < 4.78 is 7.71. The summed E-state index contributed by atoms with van der Waals surface area (Å²) in [7, 11) is 0. The zero-order chi connectivity index (χ0) is 18.6. The van der Waals surface area contributed by atoms with E-state index in [9.17, 15) is 0 Å². The molecule has 2 fully saturated rings.